The van der Waals surface area contributed by atoms with Gasteiger partial charge in [0, 0.05) is 6.92 Å². The molecule has 0 N–H and O–H groups in total. The summed E-state index contributed by atoms with van der Waals surface area (Å²) >= 11 is 0. The molecule has 3 rings (SSSR count). The van der Waals surface area contributed by atoms with Crippen molar-refractivity contribution in [1.82, 2.24) is 0 Å². The Hall–Kier alpha value is -2.29. The molecule has 2 aromatic carbocycles. The molecule has 1 amide bonds. The summed E-state index contributed by atoms with van der Waals surface area (Å²) in [6.07, 6.45) is 0.800. The number of para-hydroxylation sites is 2. The highest BCUT2D eigenvalue weighted by atomic mass is 16.5. The molecule has 102 valence electrons. The molecule has 0 aromatic heterocycles. The van der Waals surface area contributed by atoms with Crippen LogP contribution in [0.15, 0.2) is 54.6 Å². The molecule has 3 nitrogen and oxygen atoms in total. The van der Waals surface area contributed by atoms with Crippen LogP contribution in [0.2, 0.25) is 0 Å². The highest BCUT2D eigenvalue weighted by molar-refractivity contribution is 5.94. The molecule has 1 atom stereocenters. The second-order valence-corrected chi connectivity index (χ2v) is 5.01. The minimum Gasteiger partial charge on any atom is -0.489 e. The Bertz CT molecular complexity index is 609. The zero-order chi connectivity index (χ0) is 13.9. The molecule has 0 spiro atoms. The van der Waals surface area contributed by atoms with E-state index in [4.69, 9.17) is 4.74 Å². The van der Waals surface area contributed by atoms with Crippen LogP contribution in [0.25, 0.3) is 0 Å². The van der Waals surface area contributed by atoms with E-state index in [0.717, 1.165) is 17.9 Å². The maximum Gasteiger partial charge on any atom is 0.224 e. The standard InChI is InChI=1S/C17H17NO2/c1-13(19)18-15(11-14-7-3-2-4-8-14)12-20-17-10-6-5-9-16(17)18/h2-10,15H,11-12H2,1H3. The van der Waals surface area contributed by atoms with Crippen molar-refractivity contribution in [1.29, 1.82) is 0 Å². The van der Waals surface area contributed by atoms with Gasteiger partial charge in [0.25, 0.3) is 0 Å². The number of rotatable bonds is 2. The maximum atomic E-state index is 12.0. The fraction of sp³-hybridized carbons (Fsp3) is 0.235. The lowest BCUT2D eigenvalue weighted by molar-refractivity contribution is -0.117. The van der Waals surface area contributed by atoms with Crippen LogP contribution in [0.4, 0.5) is 5.69 Å². The average molecular weight is 267 g/mol. The van der Waals surface area contributed by atoms with Crippen LogP contribution in [0.3, 0.4) is 0 Å². The minimum absolute atomic E-state index is 0.0461. The van der Waals surface area contributed by atoms with E-state index in [-0.39, 0.29) is 11.9 Å². The molecular weight excluding hydrogens is 250 g/mol. The molecule has 0 bridgehead atoms. The molecule has 1 heterocycles. The predicted molar refractivity (Wildman–Crippen MR) is 79.0 cm³/mol. The van der Waals surface area contributed by atoms with Crippen molar-refractivity contribution in [2.24, 2.45) is 0 Å². The molecule has 0 fully saturated rings. The van der Waals surface area contributed by atoms with E-state index in [1.165, 1.54) is 5.56 Å². The SMILES string of the molecule is CC(=O)N1c2ccccc2OCC1Cc1ccccc1. The summed E-state index contributed by atoms with van der Waals surface area (Å²) in [5, 5.41) is 0. The van der Waals surface area contributed by atoms with Crippen LogP contribution < -0.4 is 9.64 Å². The quantitative estimate of drug-likeness (QED) is 0.837. The van der Waals surface area contributed by atoms with Gasteiger partial charge in [-0.15, -0.1) is 0 Å². The summed E-state index contributed by atoms with van der Waals surface area (Å²) in [5.74, 6) is 0.841. The van der Waals surface area contributed by atoms with Gasteiger partial charge < -0.3 is 9.64 Å². The number of hydrogen-bond acceptors (Lipinski definition) is 2. The smallest absolute Gasteiger partial charge is 0.224 e. The third kappa shape index (κ3) is 2.39. The van der Waals surface area contributed by atoms with E-state index >= 15 is 0 Å². The average Bonchev–Trinajstić information content (AvgIpc) is 2.47. The van der Waals surface area contributed by atoms with E-state index in [0.29, 0.717) is 6.61 Å². The fourth-order valence-electron chi connectivity index (χ4n) is 2.70. The molecule has 1 unspecified atom stereocenters. The van der Waals surface area contributed by atoms with Gasteiger partial charge in [-0.1, -0.05) is 42.5 Å². The Balaban J connectivity index is 1.91. The van der Waals surface area contributed by atoms with Crippen molar-refractivity contribution < 1.29 is 9.53 Å². The maximum absolute atomic E-state index is 12.0. The van der Waals surface area contributed by atoms with E-state index < -0.39 is 0 Å². The third-order valence-electron chi connectivity index (χ3n) is 3.57. The Morgan fingerprint density at radius 1 is 1.15 bits per heavy atom. The molecule has 0 saturated carbocycles. The van der Waals surface area contributed by atoms with Gasteiger partial charge in [-0.2, -0.15) is 0 Å². The highest BCUT2D eigenvalue weighted by Crippen LogP contribution is 2.34. The number of anilines is 1. The molecule has 3 heteroatoms. The molecular formula is C17H17NO2. The number of ether oxygens (including phenoxy) is 1. The first kappa shape index (κ1) is 12.7. The Morgan fingerprint density at radius 2 is 1.85 bits per heavy atom. The summed E-state index contributed by atoms with van der Waals surface area (Å²) in [6, 6.07) is 18.0. The second kappa shape index (κ2) is 5.37. The summed E-state index contributed by atoms with van der Waals surface area (Å²) in [5.41, 5.74) is 2.08. The van der Waals surface area contributed by atoms with Gasteiger partial charge in [0.15, 0.2) is 0 Å². The number of amides is 1. The van der Waals surface area contributed by atoms with E-state index in [2.05, 4.69) is 12.1 Å². The van der Waals surface area contributed by atoms with Crippen LogP contribution in [0.5, 0.6) is 5.75 Å². The van der Waals surface area contributed by atoms with Crippen LogP contribution in [0, 0.1) is 0 Å². The first-order chi connectivity index (χ1) is 9.75. The van der Waals surface area contributed by atoms with Gasteiger partial charge in [-0.3, -0.25) is 4.79 Å². The van der Waals surface area contributed by atoms with Crippen molar-refractivity contribution in [2.75, 3.05) is 11.5 Å². The Kier molecular flexibility index (Phi) is 3.42. The van der Waals surface area contributed by atoms with Crippen molar-refractivity contribution in [3.63, 3.8) is 0 Å². The second-order valence-electron chi connectivity index (χ2n) is 5.01. The van der Waals surface area contributed by atoms with Crippen molar-refractivity contribution in [3.8, 4) is 5.75 Å². The number of carbonyl (C=O) groups is 1. The first-order valence-corrected chi connectivity index (χ1v) is 6.81. The first-order valence-electron chi connectivity index (χ1n) is 6.81. The predicted octanol–water partition coefficient (Wildman–Crippen LogP) is 3.04. The Labute approximate surface area is 118 Å². The molecule has 0 radical (unpaired) electrons. The van der Waals surface area contributed by atoms with E-state index in [9.17, 15) is 4.79 Å². The Morgan fingerprint density at radius 3 is 2.60 bits per heavy atom. The molecule has 0 aliphatic carbocycles. The van der Waals surface area contributed by atoms with E-state index in [1.807, 2.05) is 47.4 Å². The van der Waals surface area contributed by atoms with Crippen LogP contribution in [-0.4, -0.2) is 18.6 Å². The zero-order valence-electron chi connectivity index (χ0n) is 11.5. The molecule has 2 aromatic rings. The van der Waals surface area contributed by atoms with Gasteiger partial charge in [-0.25, -0.2) is 0 Å². The van der Waals surface area contributed by atoms with Crippen LogP contribution >= 0.6 is 0 Å². The fourth-order valence-corrected chi connectivity index (χ4v) is 2.70. The lowest BCUT2D eigenvalue weighted by atomic mass is 10.0. The minimum atomic E-state index is 0.0461. The van der Waals surface area contributed by atoms with Crippen LogP contribution in [-0.2, 0) is 11.2 Å². The van der Waals surface area contributed by atoms with Gasteiger partial charge in [-0.05, 0) is 24.1 Å². The third-order valence-corrected chi connectivity index (χ3v) is 3.57. The van der Waals surface area contributed by atoms with Gasteiger partial charge in [0.05, 0.1) is 11.7 Å². The molecule has 1 aliphatic rings. The topological polar surface area (TPSA) is 29.5 Å². The van der Waals surface area contributed by atoms with Crippen molar-refractivity contribution in [2.45, 2.75) is 19.4 Å². The van der Waals surface area contributed by atoms with Gasteiger partial charge in [0.1, 0.15) is 12.4 Å². The van der Waals surface area contributed by atoms with Crippen LogP contribution in [0.1, 0.15) is 12.5 Å². The summed E-state index contributed by atoms with van der Waals surface area (Å²) in [7, 11) is 0. The van der Waals surface area contributed by atoms with Gasteiger partial charge >= 0.3 is 0 Å². The number of fused-ring (bicyclic) bond motifs is 1. The lowest BCUT2D eigenvalue weighted by Gasteiger charge is -2.36. The van der Waals surface area contributed by atoms with Gasteiger partial charge in [0.2, 0.25) is 5.91 Å². The summed E-state index contributed by atoms with van der Waals surface area (Å²) in [6.45, 7) is 2.14. The monoisotopic (exact) mass is 267 g/mol. The number of hydrogen-bond donors (Lipinski definition) is 0. The number of nitrogens with zero attached hydrogens (tertiary/aromatic N) is 1. The number of carbonyl (C=O) groups excluding carboxylic acids is 1. The van der Waals surface area contributed by atoms with Crippen molar-refractivity contribution >= 4 is 11.6 Å². The summed E-state index contributed by atoms with van der Waals surface area (Å²) in [4.78, 5) is 13.9. The molecule has 1 aliphatic heterocycles. The number of benzene rings is 2. The zero-order valence-corrected chi connectivity index (χ0v) is 11.5. The van der Waals surface area contributed by atoms with Crippen molar-refractivity contribution in [3.05, 3.63) is 60.2 Å². The lowest BCUT2D eigenvalue weighted by Crippen LogP contribution is -2.47. The van der Waals surface area contributed by atoms with E-state index in [1.54, 1.807) is 6.92 Å². The highest BCUT2D eigenvalue weighted by Gasteiger charge is 2.30. The molecule has 20 heavy (non-hydrogen) atoms. The largest absolute Gasteiger partial charge is 0.489 e. The summed E-state index contributed by atoms with van der Waals surface area (Å²) < 4.78 is 5.79. The normalized spacial score (nSPS) is 17.2. The molecule has 0 saturated heterocycles.